The van der Waals surface area contributed by atoms with E-state index in [4.69, 9.17) is 9.47 Å². The van der Waals surface area contributed by atoms with Gasteiger partial charge < -0.3 is 14.4 Å². The molecule has 0 bridgehead atoms. The van der Waals surface area contributed by atoms with E-state index >= 15 is 0 Å². The molecule has 0 saturated carbocycles. The summed E-state index contributed by atoms with van der Waals surface area (Å²) in [5.74, 6) is -0.247. The van der Waals surface area contributed by atoms with Gasteiger partial charge in [-0.3, -0.25) is 9.59 Å². The number of rotatable bonds is 8. The molecule has 29 heavy (non-hydrogen) atoms. The predicted molar refractivity (Wildman–Crippen MR) is 111 cm³/mol. The van der Waals surface area contributed by atoms with Gasteiger partial charge in [-0.15, -0.1) is 0 Å². The Hall–Kier alpha value is -2.94. The molecule has 2 amide bonds. The highest BCUT2D eigenvalue weighted by atomic mass is 79.9. The van der Waals surface area contributed by atoms with Crippen LogP contribution in [0, 0.1) is 5.82 Å². The maximum atomic E-state index is 12.9. The second-order valence-electron chi connectivity index (χ2n) is 6.05. The molecule has 0 aliphatic rings. The minimum Gasteiger partial charge on any atom is -0.490 e. The van der Waals surface area contributed by atoms with Gasteiger partial charge in [0, 0.05) is 19.7 Å². The Kier molecular flexibility index (Phi) is 8.14. The number of halogens is 2. The summed E-state index contributed by atoms with van der Waals surface area (Å²) in [6.45, 7) is 2.09. The summed E-state index contributed by atoms with van der Waals surface area (Å²) >= 11 is 3.41. The van der Waals surface area contributed by atoms with Crippen LogP contribution in [0.15, 0.2) is 46.0 Å². The number of hydrogen-bond acceptors (Lipinski definition) is 5. The number of nitrogens with one attached hydrogen (secondary N) is 1. The number of hydrazone groups is 1. The zero-order valence-corrected chi connectivity index (χ0v) is 17.8. The molecule has 0 unspecified atom stereocenters. The van der Waals surface area contributed by atoms with Gasteiger partial charge >= 0.3 is 0 Å². The lowest BCUT2D eigenvalue weighted by Crippen LogP contribution is -2.27. The van der Waals surface area contributed by atoms with Gasteiger partial charge in [0.2, 0.25) is 0 Å². The first-order valence-corrected chi connectivity index (χ1v) is 9.49. The highest BCUT2D eigenvalue weighted by Gasteiger charge is 2.14. The normalized spacial score (nSPS) is 10.7. The first-order valence-electron chi connectivity index (χ1n) is 8.70. The summed E-state index contributed by atoms with van der Waals surface area (Å²) in [4.78, 5) is 25.2. The molecule has 2 aromatic carbocycles. The summed E-state index contributed by atoms with van der Waals surface area (Å²) in [7, 11) is 3.29. The molecule has 0 fully saturated rings. The standard InChI is InChI=1S/C20H21BrFN3O4/c1-4-28-17-10-13(9-16(21)19(17)29-12-18(26)25(2)3)11-23-24-20(27)14-5-7-15(22)8-6-14/h5-11H,4,12H2,1-3H3,(H,24,27)/b23-11+. The zero-order valence-electron chi connectivity index (χ0n) is 16.2. The number of benzene rings is 2. The van der Waals surface area contributed by atoms with Gasteiger partial charge in [-0.25, -0.2) is 9.82 Å². The van der Waals surface area contributed by atoms with Crippen LogP contribution in [0.1, 0.15) is 22.8 Å². The van der Waals surface area contributed by atoms with Crippen molar-refractivity contribution in [2.45, 2.75) is 6.92 Å². The largest absolute Gasteiger partial charge is 0.490 e. The number of ether oxygens (including phenoxy) is 2. The molecule has 154 valence electrons. The van der Waals surface area contributed by atoms with E-state index in [2.05, 4.69) is 26.5 Å². The minimum absolute atomic E-state index is 0.132. The van der Waals surface area contributed by atoms with E-state index in [1.807, 2.05) is 6.92 Å². The number of likely N-dealkylation sites (N-methyl/N-ethyl adjacent to an activating group) is 1. The van der Waals surface area contributed by atoms with Gasteiger partial charge in [0.05, 0.1) is 17.3 Å². The van der Waals surface area contributed by atoms with Crippen LogP contribution in [0.25, 0.3) is 0 Å². The van der Waals surface area contributed by atoms with E-state index in [-0.39, 0.29) is 18.1 Å². The lowest BCUT2D eigenvalue weighted by Gasteiger charge is -2.16. The lowest BCUT2D eigenvalue weighted by atomic mass is 10.2. The van der Waals surface area contributed by atoms with Crippen LogP contribution < -0.4 is 14.9 Å². The van der Waals surface area contributed by atoms with E-state index in [1.165, 1.54) is 35.4 Å². The topological polar surface area (TPSA) is 80.2 Å². The van der Waals surface area contributed by atoms with E-state index in [0.717, 1.165) is 0 Å². The van der Waals surface area contributed by atoms with Crippen LogP contribution in [0.3, 0.4) is 0 Å². The fraction of sp³-hybridized carbons (Fsp3) is 0.250. The monoisotopic (exact) mass is 465 g/mol. The Balaban J connectivity index is 2.12. The van der Waals surface area contributed by atoms with E-state index in [0.29, 0.717) is 28.1 Å². The third kappa shape index (κ3) is 6.56. The molecule has 0 spiro atoms. The van der Waals surface area contributed by atoms with Crippen LogP contribution in [0.5, 0.6) is 11.5 Å². The SMILES string of the molecule is CCOc1cc(/C=N/NC(=O)c2ccc(F)cc2)cc(Br)c1OCC(=O)N(C)C. The number of amides is 2. The van der Waals surface area contributed by atoms with E-state index < -0.39 is 11.7 Å². The number of hydrogen-bond donors (Lipinski definition) is 1. The fourth-order valence-electron chi connectivity index (χ4n) is 2.16. The Morgan fingerprint density at radius 1 is 1.21 bits per heavy atom. The van der Waals surface area contributed by atoms with Gasteiger partial charge in [-0.05, 0) is 64.8 Å². The van der Waals surface area contributed by atoms with Crippen molar-refractivity contribution in [3.8, 4) is 11.5 Å². The molecule has 0 saturated heterocycles. The van der Waals surface area contributed by atoms with Crippen LogP contribution in [-0.2, 0) is 4.79 Å². The van der Waals surface area contributed by atoms with Gasteiger partial charge in [-0.2, -0.15) is 5.10 Å². The fourth-order valence-corrected chi connectivity index (χ4v) is 2.73. The molecule has 2 rings (SSSR count). The molecule has 2 aromatic rings. The average molecular weight is 466 g/mol. The van der Waals surface area contributed by atoms with Gasteiger partial charge in [0.1, 0.15) is 5.82 Å². The number of carbonyl (C=O) groups is 2. The molecule has 9 heteroatoms. The summed E-state index contributed by atoms with van der Waals surface area (Å²) in [5, 5.41) is 3.91. The Bertz CT molecular complexity index is 901. The molecule has 0 heterocycles. The molecule has 0 aliphatic heterocycles. The zero-order chi connectivity index (χ0) is 21.4. The third-order valence-electron chi connectivity index (χ3n) is 3.66. The van der Waals surface area contributed by atoms with Crippen LogP contribution in [-0.4, -0.2) is 50.2 Å². The number of carbonyl (C=O) groups excluding carboxylic acids is 2. The Labute approximate surface area is 176 Å². The van der Waals surface area contributed by atoms with Gasteiger partial charge in [-0.1, -0.05) is 0 Å². The van der Waals surface area contributed by atoms with Crippen molar-refractivity contribution < 1.29 is 23.5 Å². The maximum absolute atomic E-state index is 12.9. The Morgan fingerprint density at radius 2 is 1.90 bits per heavy atom. The van der Waals surface area contributed by atoms with Crippen molar-refractivity contribution in [3.63, 3.8) is 0 Å². The van der Waals surface area contributed by atoms with Crippen molar-refractivity contribution >= 4 is 34.0 Å². The van der Waals surface area contributed by atoms with Crippen LogP contribution in [0.2, 0.25) is 0 Å². The van der Waals surface area contributed by atoms with Gasteiger partial charge in [0.15, 0.2) is 18.1 Å². The molecule has 0 atom stereocenters. The van der Waals surface area contributed by atoms with Crippen molar-refractivity contribution in [2.24, 2.45) is 5.10 Å². The van der Waals surface area contributed by atoms with E-state index in [1.54, 1.807) is 26.2 Å². The summed E-state index contributed by atoms with van der Waals surface area (Å²) in [6.07, 6.45) is 1.43. The van der Waals surface area contributed by atoms with Crippen molar-refractivity contribution in [2.75, 3.05) is 27.3 Å². The van der Waals surface area contributed by atoms with Crippen molar-refractivity contribution in [1.82, 2.24) is 10.3 Å². The second-order valence-corrected chi connectivity index (χ2v) is 6.90. The molecular weight excluding hydrogens is 445 g/mol. The Morgan fingerprint density at radius 3 is 2.52 bits per heavy atom. The second kappa shape index (κ2) is 10.6. The number of nitrogens with zero attached hydrogens (tertiary/aromatic N) is 2. The molecule has 7 nitrogen and oxygen atoms in total. The molecule has 0 aromatic heterocycles. The lowest BCUT2D eigenvalue weighted by molar-refractivity contribution is -0.130. The highest BCUT2D eigenvalue weighted by Crippen LogP contribution is 2.36. The molecule has 0 radical (unpaired) electrons. The van der Waals surface area contributed by atoms with E-state index in [9.17, 15) is 14.0 Å². The maximum Gasteiger partial charge on any atom is 0.271 e. The smallest absolute Gasteiger partial charge is 0.271 e. The average Bonchev–Trinajstić information content (AvgIpc) is 2.67. The van der Waals surface area contributed by atoms with Crippen molar-refractivity contribution in [3.05, 3.63) is 57.8 Å². The van der Waals surface area contributed by atoms with Crippen LogP contribution >= 0.6 is 15.9 Å². The first-order chi connectivity index (χ1) is 13.8. The minimum atomic E-state index is -0.465. The molecule has 0 aliphatic carbocycles. The predicted octanol–water partition coefficient (Wildman–Crippen LogP) is 3.22. The molecular formula is C20H21BrFN3O4. The third-order valence-corrected chi connectivity index (χ3v) is 4.25. The summed E-state index contributed by atoms with van der Waals surface area (Å²) < 4.78 is 24.7. The quantitative estimate of drug-likeness (QED) is 0.479. The van der Waals surface area contributed by atoms with Crippen molar-refractivity contribution in [1.29, 1.82) is 0 Å². The molecule has 1 N–H and O–H groups in total. The summed E-state index contributed by atoms with van der Waals surface area (Å²) in [5.41, 5.74) is 3.29. The highest BCUT2D eigenvalue weighted by molar-refractivity contribution is 9.10. The van der Waals surface area contributed by atoms with Gasteiger partial charge in [0.25, 0.3) is 11.8 Å². The summed E-state index contributed by atoms with van der Waals surface area (Å²) in [6, 6.07) is 8.52. The van der Waals surface area contributed by atoms with Crippen LogP contribution in [0.4, 0.5) is 4.39 Å². The first kappa shape index (κ1) is 22.4.